The van der Waals surface area contributed by atoms with Crippen LogP contribution in [0.25, 0.3) is 6.08 Å². The van der Waals surface area contributed by atoms with Gasteiger partial charge >= 0.3 is 5.97 Å². The highest BCUT2D eigenvalue weighted by atomic mass is 35.5. The zero-order valence-electron chi connectivity index (χ0n) is 7.49. The van der Waals surface area contributed by atoms with Crippen LogP contribution in [0.1, 0.15) is 5.56 Å². The lowest BCUT2D eigenvalue weighted by atomic mass is 10.2. The summed E-state index contributed by atoms with van der Waals surface area (Å²) >= 11 is 0. The van der Waals surface area contributed by atoms with E-state index in [-0.39, 0.29) is 18.1 Å². The highest BCUT2D eigenvalue weighted by Crippen LogP contribution is 2.13. The standard InChI is InChI=1S/C9H7NO4.ClH/c11-9(12)5-4-7-2-1-3-8(6-7)10(13)14;/h1-6H,(H,11,12);1H. The van der Waals surface area contributed by atoms with Crippen molar-refractivity contribution >= 4 is 30.1 Å². The summed E-state index contributed by atoms with van der Waals surface area (Å²) in [6.45, 7) is 0. The molecule has 0 aromatic heterocycles. The summed E-state index contributed by atoms with van der Waals surface area (Å²) in [4.78, 5) is 20.0. The molecule has 0 heterocycles. The van der Waals surface area contributed by atoms with Crippen LogP contribution in [-0.4, -0.2) is 16.0 Å². The van der Waals surface area contributed by atoms with Crippen LogP contribution in [0, 0.1) is 10.1 Å². The molecule has 15 heavy (non-hydrogen) atoms. The van der Waals surface area contributed by atoms with E-state index in [9.17, 15) is 14.9 Å². The van der Waals surface area contributed by atoms with E-state index in [0.717, 1.165) is 6.08 Å². The lowest BCUT2D eigenvalue weighted by Gasteiger charge is -1.92. The van der Waals surface area contributed by atoms with E-state index in [4.69, 9.17) is 5.11 Å². The molecule has 0 saturated carbocycles. The SMILES string of the molecule is Cl.O=C(O)C=Cc1cccc([N+](=O)[O-])c1. The zero-order chi connectivity index (χ0) is 10.6. The summed E-state index contributed by atoms with van der Waals surface area (Å²) in [7, 11) is 0. The minimum Gasteiger partial charge on any atom is -0.478 e. The highest BCUT2D eigenvalue weighted by Gasteiger charge is 2.03. The maximum atomic E-state index is 10.4. The molecule has 0 saturated heterocycles. The molecule has 1 N–H and O–H groups in total. The van der Waals surface area contributed by atoms with Gasteiger partial charge in [-0.2, -0.15) is 0 Å². The lowest BCUT2D eigenvalue weighted by molar-refractivity contribution is -0.384. The summed E-state index contributed by atoms with van der Waals surface area (Å²) in [6.07, 6.45) is 2.23. The predicted octanol–water partition coefficient (Wildman–Crippen LogP) is 2.11. The van der Waals surface area contributed by atoms with E-state index >= 15 is 0 Å². The third-order valence-electron chi connectivity index (χ3n) is 1.50. The second-order valence-corrected chi connectivity index (χ2v) is 2.52. The van der Waals surface area contributed by atoms with Crippen LogP contribution in [0.5, 0.6) is 0 Å². The fraction of sp³-hybridized carbons (Fsp3) is 0. The molecule has 1 rings (SSSR count). The molecule has 0 unspecified atom stereocenters. The van der Waals surface area contributed by atoms with Gasteiger partial charge in [-0.25, -0.2) is 4.79 Å². The second-order valence-electron chi connectivity index (χ2n) is 2.52. The molecule has 1 aromatic carbocycles. The first-order chi connectivity index (χ1) is 6.59. The van der Waals surface area contributed by atoms with Gasteiger partial charge in [0.15, 0.2) is 0 Å². The van der Waals surface area contributed by atoms with E-state index in [1.165, 1.54) is 24.3 Å². The van der Waals surface area contributed by atoms with Crippen LogP contribution in [0.15, 0.2) is 30.3 Å². The molecule has 0 radical (unpaired) electrons. The average molecular weight is 230 g/mol. The normalized spacial score (nSPS) is 9.60. The molecule has 0 spiro atoms. The number of hydrogen-bond donors (Lipinski definition) is 1. The molecule has 1 aromatic rings. The summed E-state index contributed by atoms with van der Waals surface area (Å²) in [5.41, 5.74) is 0.430. The largest absolute Gasteiger partial charge is 0.478 e. The maximum Gasteiger partial charge on any atom is 0.328 e. The van der Waals surface area contributed by atoms with Crippen molar-refractivity contribution in [2.75, 3.05) is 0 Å². The van der Waals surface area contributed by atoms with Crippen LogP contribution in [0.2, 0.25) is 0 Å². The summed E-state index contributed by atoms with van der Waals surface area (Å²) in [6, 6.07) is 5.74. The Morgan fingerprint density at radius 1 is 1.47 bits per heavy atom. The monoisotopic (exact) mass is 229 g/mol. The molecular weight excluding hydrogens is 222 g/mol. The van der Waals surface area contributed by atoms with Gasteiger partial charge in [0.2, 0.25) is 0 Å². The van der Waals surface area contributed by atoms with Crippen molar-refractivity contribution in [3.63, 3.8) is 0 Å². The van der Waals surface area contributed by atoms with Gasteiger partial charge in [-0.15, -0.1) is 12.4 Å². The third-order valence-corrected chi connectivity index (χ3v) is 1.50. The molecule has 0 aliphatic heterocycles. The van der Waals surface area contributed by atoms with Gasteiger partial charge in [-0.1, -0.05) is 12.1 Å². The number of carboxylic acids is 1. The number of nitro groups is 1. The van der Waals surface area contributed by atoms with Gasteiger partial charge in [-0.05, 0) is 11.6 Å². The van der Waals surface area contributed by atoms with Crippen molar-refractivity contribution in [2.45, 2.75) is 0 Å². The Labute approximate surface area is 91.6 Å². The van der Waals surface area contributed by atoms with Crippen molar-refractivity contribution in [2.24, 2.45) is 0 Å². The quantitative estimate of drug-likeness (QED) is 0.489. The molecule has 0 bridgehead atoms. The first-order valence-corrected chi connectivity index (χ1v) is 3.75. The van der Waals surface area contributed by atoms with Gasteiger partial charge in [0.1, 0.15) is 0 Å². The fourth-order valence-corrected chi connectivity index (χ4v) is 0.910. The lowest BCUT2D eigenvalue weighted by Crippen LogP contribution is -1.88. The molecule has 0 aliphatic carbocycles. The van der Waals surface area contributed by atoms with Crippen LogP contribution in [-0.2, 0) is 4.79 Å². The Hall–Kier alpha value is -1.88. The predicted molar refractivity (Wildman–Crippen MR) is 57.0 cm³/mol. The van der Waals surface area contributed by atoms with Crippen LogP contribution >= 0.6 is 12.4 Å². The minimum absolute atomic E-state index is 0. The van der Waals surface area contributed by atoms with Crippen LogP contribution in [0.4, 0.5) is 5.69 Å². The number of hydrogen-bond acceptors (Lipinski definition) is 3. The zero-order valence-corrected chi connectivity index (χ0v) is 8.31. The number of benzene rings is 1. The van der Waals surface area contributed by atoms with Gasteiger partial charge < -0.3 is 5.11 Å². The Balaban J connectivity index is 0.00000196. The van der Waals surface area contributed by atoms with Crippen molar-refractivity contribution in [1.82, 2.24) is 0 Å². The molecule has 0 atom stereocenters. The molecule has 0 amide bonds. The Morgan fingerprint density at radius 2 is 2.13 bits per heavy atom. The van der Waals surface area contributed by atoms with Crippen LogP contribution in [0.3, 0.4) is 0 Å². The van der Waals surface area contributed by atoms with Crippen molar-refractivity contribution in [3.05, 3.63) is 46.0 Å². The Kier molecular flexibility index (Phi) is 5.04. The number of nitro benzene ring substituents is 1. The first kappa shape index (κ1) is 13.1. The van der Waals surface area contributed by atoms with Crippen molar-refractivity contribution in [1.29, 1.82) is 0 Å². The van der Waals surface area contributed by atoms with E-state index in [0.29, 0.717) is 5.56 Å². The van der Waals surface area contributed by atoms with Crippen molar-refractivity contribution in [3.8, 4) is 0 Å². The van der Waals surface area contributed by atoms with Gasteiger partial charge in [0.05, 0.1) is 4.92 Å². The van der Waals surface area contributed by atoms with E-state index in [1.54, 1.807) is 6.07 Å². The molecule has 5 nitrogen and oxygen atoms in total. The third kappa shape index (κ3) is 4.24. The molecular formula is C9H8ClNO4. The van der Waals surface area contributed by atoms with Crippen molar-refractivity contribution < 1.29 is 14.8 Å². The fourth-order valence-electron chi connectivity index (χ4n) is 0.910. The number of nitrogens with zero attached hydrogens (tertiary/aromatic N) is 1. The molecule has 80 valence electrons. The number of aliphatic carboxylic acids is 1. The van der Waals surface area contributed by atoms with Gasteiger partial charge in [0.25, 0.3) is 5.69 Å². The second kappa shape index (κ2) is 5.77. The number of carboxylic acid groups (broad SMARTS) is 1. The summed E-state index contributed by atoms with van der Waals surface area (Å²) in [5.74, 6) is -1.09. The summed E-state index contributed by atoms with van der Waals surface area (Å²) < 4.78 is 0. The van der Waals surface area contributed by atoms with Gasteiger partial charge in [0, 0.05) is 18.2 Å². The number of halogens is 1. The van der Waals surface area contributed by atoms with E-state index in [2.05, 4.69) is 0 Å². The van der Waals surface area contributed by atoms with E-state index < -0.39 is 10.9 Å². The van der Waals surface area contributed by atoms with E-state index in [1.807, 2.05) is 0 Å². The topological polar surface area (TPSA) is 80.4 Å². The first-order valence-electron chi connectivity index (χ1n) is 3.75. The number of rotatable bonds is 3. The Morgan fingerprint density at radius 3 is 2.67 bits per heavy atom. The smallest absolute Gasteiger partial charge is 0.328 e. The number of non-ortho nitro benzene ring substituents is 1. The van der Waals surface area contributed by atoms with Gasteiger partial charge in [-0.3, -0.25) is 10.1 Å². The average Bonchev–Trinajstić information content (AvgIpc) is 2.15. The molecule has 0 aliphatic rings. The number of carbonyl (C=O) groups is 1. The minimum atomic E-state index is -1.09. The Bertz CT molecular complexity index is 403. The molecule has 0 fully saturated rings. The summed E-state index contributed by atoms with van der Waals surface area (Å²) in [5, 5.41) is 18.7. The highest BCUT2D eigenvalue weighted by molar-refractivity contribution is 5.85. The molecule has 6 heteroatoms. The van der Waals surface area contributed by atoms with Crippen LogP contribution < -0.4 is 0 Å². The maximum absolute atomic E-state index is 10.4.